The zero-order valence-electron chi connectivity index (χ0n) is 16.6. The number of anilines is 1. The third kappa shape index (κ3) is 4.91. The molecule has 0 spiro atoms. The summed E-state index contributed by atoms with van der Waals surface area (Å²) in [5, 5.41) is 3.04. The zero-order valence-corrected chi connectivity index (χ0v) is 17.4. The first kappa shape index (κ1) is 21.6. The van der Waals surface area contributed by atoms with E-state index in [2.05, 4.69) is 10.3 Å². The lowest BCUT2D eigenvalue weighted by Gasteiger charge is -2.26. The minimum atomic E-state index is -3.54. The van der Waals surface area contributed by atoms with Gasteiger partial charge in [0.15, 0.2) is 0 Å². The van der Waals surface area contributed by atoms with Crippen LogP contribution in [0, 0.1) is 11.6 Å². The van der Waals surface area contributed by atoms with Crippen molar-refractivity contribution in [2.45, 2.75) is 30.2 Å². The summed E-state index contributed by atoms with van der Waals surface area (Å²) in [7, 11) is -0.0700. The molecule has 1 saturated heterocycles. The van der Waals surface area contributed by atoms with E-state index in [-0.39, 0.29) is 17.0 Å². The molecule has 1 aliphatic heterocycles. The van der Waals surface area contributed by atoms with Crippen LogP contribution in [0.4, 0.5) is 14.6 Å². The Hall–Kier alpha value is -2.10. The van der Waals surface area contributed by atoms with Crippen LogP contribution in [0.2, 0.25) is 0 Å². The van der Waals surface area contributed by atoms with Crippen LogP contribution in [-0.2, 0) is 10.0 Å². The van der Waals surface area contributed by atoms with E-state index in [1.165, 1.54) is 34.8 Å². The smallest absolute Gasteiger partial charge is 0.244 e. The van der Waals surface area contributed by atoms with Crippen LogP contribution in [0.5, 0.6) is 0 Å². The second-order valence-electron chi connectivity index (χ2n) is 7.34. The summed E-state index contributed by atoms with van der Waals surface area (Å²) in [6.45, 7) is 1.26. The van der Waals surface area contributed by atoms with Crippen molar-refractivity contribution in [3.63, 3.8) is 0 Å². The van der Waals surface area contributed by atoms with Gasteiger partial charge < -0.3 is 10.2 Å². The molecule has 1 aromatic heterocycles. The number of hydrogen-bond donors (Lipinski definition) is 1. The number of aromatic nitrogens is 1. The number of rotatable bonds is 7. The number of likely N-dealkylation sites (N-methyl/N-ethyl adjacent to an activating group) is 1. The Morgan fingerprint density at radius 3 is 2.31 bits per heavy atom. The molecule has 0 amide bonds. The van der Waals surface area contributed by atoms with Crippen molar-refractivity contribution in [2.24, 2.45) is 0 Å². The van der Waals surface area contributed by atoms with E-state index in [9.17, 15) is 17.2 Å². The number of piperidine rings is 1. The minimum absolute atomic E-state index is 0.0192. The van der Waals surface area contributed by atoms with Gasteiger partial charge in [-0.3, -0.25) is 0 Å². The number of benzene rings is 1. The van der Waals surface area contributed by atoms with Crippen LogP contribution in [0.15, 0.2) is 41.4 Å². The van der Waals surface area contributed by atoms with Gasteiger partial charge in [-0.1, -0.05) is 12.5 Å². The number of halogens is 2. The predicted molar refractivity (Wildman–Crippen MR) is 108 cm³/mol. The van der Waals surface area contributed by atoms with Crippen LogP contribution in [0.25, 0.3) is 0 Å². The highest BCUT2D eigenvalue weighted by molar-refractivity contribution is 7.89. The molecule has 0 radical (unpaired) electrons. The molecule has 9 heteroatoms. The van der Waals surface area contributed by atoms with Gasteiger partial charge >= 0.3 is 0 Å². The molecule has 1 fully saturated rings. The molecule has 1 aromatic carbocycles. The summed E-state index contributed by atoms with van der Waals surface area (Å²) in [5.74, 6) is -0.783. The molecule has 0 bridgehead atoms. The fourth-order valence-electron chi connectivity index (χ4n) is 3.46. The molecule has 1 aliphatic rings. The molecule has 0 aliphatic carbocycles. The SMILES string of the molecule is CN(C)C(CNc1ccc(S(=O)(=O)N2CCCCC2)cn1)c1c(F)cccc1F. The fraction of sp³-hybridized carbons (Fsp3) is 0.450. The van der Waals surface area contributed by atoms with Gasteiger partial charge in [0, 0.05) is 31.4 Å². The molecule has 0 saturated carbocycles. The predicted octanol–water partition coefficient (Wildman–Crippen LogP) is 3.25. The van der Waals surface area contributed by atoms with Gasteiger partial charge in [-0.25, -0.2) is 22.2 Å². The van der Waals surface area contributed by atoms with E-state index in [4.69, 9.17) is 0 Å². The van der Waals surface area contributed by atoms with Gasteiger partial charge in [0.25, 0.3) is 0 Å². The number of hydrogen-bond acceptors (Lipinski definition) is 5. The second-order valence-corrected chi connectivity index (χ2v) is 9.28. The normalized spacial score (nSPS) is 16.7. The summed E-state index contributed by atoms with van der Waals surface area (Å²) < 4.78 is 55.2. The third-order valence-electron chi connectivity index (χ3n) is 5.12. The van der Waals surface area contributed by atoms with E-state index >= 15 is 0 Å². The Kier molecular flexibility index (Phi) is 6.81. The fourth-order valence-corrected chi connectivity index (χ4v) is 4.93. The van der Waals surface area contributed by atoms with Gasteiger partial charge in [-0.2, -0.15) is 4.31 Å². The first-order chi connectivity index (χ1) is 13.8. The van der Waals surface area contributed by atoms with Crippen LogP contribution in [0.1, 0.15) is 30.9 Å². The quantitative estimate of drug-likeness (QED) is 0.739. The lowest BCUT2D eigenvalue weighted by molar-refractivity contribution is 0.295. The maximum atomic E-state index is 14.2. The third-order valence-corrected chi connectivity index (χ3v) is 7.00. The van der Waals surface area contributed by atoms with E-state index in [0.717, 1.165) is 19.3 Å². The van der Waals surface area contributed by atoms with Crippen LogP contribution < -0.4 is 5.32 Å². The maximum absolute atomic E-state index is 14.2. The highest BCUT2D eigenvalue weighted by Gasteiger charge is 2.26. The molecule has 29 heavy (non-hydrogen) atoms. The first-order valence-corrected chi connectivity index (χ1v) is 11.0. The Labute approximate surface area is 170 Å². The number of sulfonamides is 1. The van der Waals surface area contributed by atoms with Gasteiger partial charge in [0.1, 0.15) is 22.3 Å². The van der Waals surface area contributed by atoms with E-state index in [1.807, 2.05) is 0 Å². The van der Waals surface area contributed by atoms with Crippen LogP contribution in [0.3, 0.4) is 0 Å². The van der Waals surface area contributed by atoms with Crippen molar-refractivity contribution in [3.05, 3.63) is 53.7 Å². The molecule has 6 nitrogen and oxygen atoms in total. The lowest BCUT2D eigenvalue weighted by atomic mass is 10.0. The number of nitrogens with zero attached hydrogens (tertiary/aromatic N) is 3. The van der Waals surface area contributed by atoms with Crippen LogP contribution >= 0.6 is 0 Å². The molecule has 2 heterocycles. The van der Waals surface area contributed by atoms with Crippen molar-refractivity contribution in [3.8, 4) is 0 Å². The molecular weight excluding hydrogens is 398 g/mol. The van der Waals surface area contributed by atoms with Crippen molar-refractivity contribution in [2.75, 3.05) is 39.0 Å². The Balaban J connectivity index is 1.72. The largest absolute Gasteiger partial charge is 0.368 e. The standard InChI is InChI=1S/C20H26F2N4O2S/c1-25(2)18(20-16(21)7-6-8-17(20)22)14-24-19-10-9-15(13-23-19)29(27,28)26-11-4-3-5-12-26/h6-10,13,18H,3-5,11-12,14H2,1-2H3,(H,23,24). The van der Waals surface area contributed by atoms with E-state index in [0.29, 0.717) is 18.9 Å². The van der Waals surface area contributed by atoms with E-state index in [1.54, 1.807) is 25.1 Å². The molecule has 1 unspecified atom stereocenters. The molecular formula is C20H26F2N4O2S. The summed E-state index contributed by atoms with van der Waals surface area (Å²) in [5.41, 5.74) is -0.0192. The van der Waals surface area contributed by atoms with Gasteiger partial charge in [0.05, 0.1) is 6.04 Å². The van der Waals surface area contributed by atoms with Crippen LogP contribution in [-0.4, -0.2) is 56.3 Å². The highest BCUT2D eigenvalue weighted by Crippen LogP contribution is 2.25. The Bertz CT molecular complexity index is 910. The second kappa shape index (κ2) is 9.15. The molecule has 1 atom stereocenters. The summed E-state index contributed by atoms with van der Waals surface area (Å²) >= 11 is 0. The molecule has 3 rings (SSSR count). The van der Waals surface area contributed by atoms with Crippen molar-refractivity contribution < 1.29 is 17.2 Å². The van der Waals surface area contributed by atoms with Crippen molar-refractivity contribution >= 4 is 15.8 Å². The van der Waals surface area contributed by atoms with E-state index < -0.39 is 27.7 Å². The summed E-state index contributed by atoms with van der Waals surface area (Å²) in [6.07, 6.45) is 4.10. The average molecular weight is 425 g/mol. The van der Waals surface area contributed by atoms with Gasteiger partial charge in [-0.15, -0.1) is 0 Å². The summed E-state index contributed by atoms with van der Waals surface area (Å²) in [4.78, 5) is 6.05. The minimum Gasteiger partial charge on any atom is -0.368 e. The molecule has 158 valence electrons. The van der Waals surface area contributed by atoms with Crippen molar-refractivity contribution in [1.82, 2.24) is 14.2 Å². The molecule has 1 N–H and O–H groups in total. The maximum Gasteiger partial charge on any atom is 0.244 e. The van der Waals surface area contributed by atoms with Gasteiger partial charge in [0.2, 0.25) is 10.0 Å². The average Bonchev–Trinajstić information content (AvgIpc) is 2.71. The topological polar surface area (TPSA) is 65.5 Å². The molecule has 2 aromatic rings. The monoisotopic (exact) mass is 424 g/mol. The highest BCUT2D eigenvalue weighted by atomic mass is 32.2. The summed E-state index contributed by atoms with van der Waals surface area (Å²) in [6, 6.07) is 6.31. The number of pyridine rings is 1. The Morgan fingerprint density at radius 1 is 1.10 bits per heavy atom. The Morgan fingerprint density at radius 2 is 1.76 bits per heavy atom. The first-order valence-electron chi connectivity index (χ1n) is 9.61. The lowest BCUT2D eigenvalue weighted by Crippen LogP contribution is -2.35. The van der Waals surface area contributed by atoms with Gasteiger partial charge in [-0.05, 0) is 51.2 Å². The van der Waals surface area contributed by atoms with Crippen molar-refractivity contribution in [1.29, 1.82) is 0 Å². The zero-order chi connectivity index (χ0) is 21.0. The number of nitrogens with one attached hydrogen (secondary N) is 1.